The number of unbranched alkanes of at least 4 members (excludes halogenated alkanes) is 3. The summed E-state index contributed by atoms with van der Waals surface area (Å²) in [5, 5.41) is 0. The van der Waals surface area contributed by atoms with Gasteiger partial charge in [0.1, 0.15) is 6.54 Å². The highest BCUT2D eigenvalue weighted by molar-refractivity contribution is 7.86. The Bertz CT molecular complexity index is 966. The summed E-state index contributed by atoms with van der Waals surface area (Å²) >= 11 is 0. The van der Waals surface area contributed by atoms with Crippen molar-refractivity contribution < 1.29 is 30.5 Å². The highest BCUT2D eigenvalue weighted by Crippen LogP contribution is 2.43. The van der Waals surface area contributed by atoms with E-state index in [4.69, 9.17) is 4.55 Å². The average molecular weight is 433 g/mol. The summed E-state index contributed by atoms with van der Waals surface area (Å²) in [5.41, 5.74) is 2.08. The molecule has 1 aromatic rings. The van der Waals surface area contributed by atoms with Crippen LogP contribution in [0.25, 0.3) is 0 Å². The molecule has 2 rings (SSSR count). The molecule has 0 spiro atoms. The van der Waals surface area contributed by atoms with Crippen LogP contribution in [0.1, 0.15) is 64.9 Å². The highest BCUT2D eigenvalue weighted by atomic mass is 32.2. The zero-order chi connectivity index (χ0) is 21.2. The van der Waals surface area contributed by atoms with Crippen LogP contribution in [0.3, 0.4) is 0 Å². The van der Waals surface area contributed by atoms with Crippen molar-refractivity contribution >= 4 is 31.6 Å². The van der Waals surface area contributed by atoms with Crippen molar-refractivity contribution in [1.29, 1.82) is 0 Å². The molecular formula is C19H30NO6S2+. The summed E-state index contributed by atoms with van der Waals surface area (Å²) in [6.07, 6.45) is 5.04. The molecule has 0 bridgehead atoms. The number of nitrogens with zero attached hydrogens (tertiary/aromatic N) is 1. The van der Waals surface area contributed by atoms with E-state index in [0.29, 0.717) is 6.42 Å². The first-order valence-corrected chi connectivity index (χ1v) is 12.6. The Hall–Kier alpha value is -1.29. The molecule has 0 saturated heterocycles. The molecule has 28 heavy (non-hydrogen) atoms. The van der Waals surface area contributed by atoms with Gasteiger partial charge in [0, 0.05) is 25.0 Å². The van der Waals surface area contributed by atoms with Crippen molar-refractivity contribution in [3.8, 4) is 0 Å². The van der Waals surface area contributed by atoms with Crippen molar-refractivity contribution in [1.82, 2.24) is 0 Å². The third kappa shape index (κ3) is 5.20. The summed E-state index contributed by atoms with van der Waals surface area (Å²) in [7, 11) is -8.40. The minimum atomic E-state index is -4.34. The number of hydrogen-bond donors (Lipinski definition) is 2. The minimum absolute atomic E-state index is 0.173. The van der Waals surface area contributed by atoms with Crippen molar-refractivity contribution in [2.75, 3.05) is 12.3 Å². The lowest BCUT2D eigenvalue weighted by molar-refractivity contribution is -0.439. The topological polar surface area (TPSA) is 112 Å². The lowest BCUT2D eigenvalue weighted by Crippen LogP contribution is -2.31. The van der Waals surface area contributed by atoms with Gasteiger partial charge in [-0.2, -0.15) is 21.4 Å². The number of fused-ring (bicyclic) bond motifs is 1. The molecule has 1 aliphatic rings. The Labute approximate surface area is 168 Å². The lowest BCUT2D eigenvalue weighted by Gasteiger charge is -2.22. The quantitative estimate of drug-likeness (QED) is 0.332. The third-order valence-corrected chi connectivity index (χ3v) is 7.32. The van der Waals surface area contributed by atoms with Crippen LogP contribution in [-0.4, -0.2) is 48.5 Å². The van der Waals surface area contributed by atoms with Crippen molar-refractivity contribution in [2.24, 2.45) is 0 Å². The fourth-order valence-corrected chi connectivity index (χ4v) is 4.95. The van der Waals surface area contributed by atoms with Crippen LogP contribution < -0.4 is 0 Å². The van der Waals surface area contributed by atoms with Gasteiger partial charge in [0.2, 0.25) is 5.69 Å². The monoisotopic (exact) mass is 432 g/mol. The van der Waals surface area contributed by atoms with Gasteiger partial charge in [-0.15, -0.1) is 0 Å². The number of rotatable bonds is 10. The maximum Gasteiger partial charge on any atom is 0.294 e. The second kappa shape index (κ2) is 8.61. The van der Waals surface area contributed by atoms with Crippen LogP contribution in [0.5, 0.6) is 0 Å². The molecule has 0 aliphatic carbocycles. The first-order valence-electron chi connectivity index (χ1n) is 9.59. The highest BCUT2D eigenvalue weighted by Gasteiger charge is 2.46. The lowest BCUT2D eigenvalue weighted by atomic mass is 9.76. The number of hydrogen-bond acceptors (Lipinski definition) is 4. The van der Waals surface area contributed by atoms with E-state index in [1.54, 1.807) is 6.07 Å². The SMILES string of the molecule is CCCCCC[N+]1=C(C)C(C)(CCCS(=O)(=O)O)c2cc(S(=O)(=O)O)ccc21. The molecule has 0 radical (unpaired) electrons. The second-order valence-electron chi connectivity index (χ2n) is 7.67. The van der Waals surface area contributed by atoms with Crippen LogP contribution in [0.15, 0.2) is 23.1 Å². The Kier molecular flexibility index (Phi) is 7.07. The first-order chi connectivity index (χ1) is 12.9. The Balaban J connectivity index is 2.43. The van der Waals surface area contributed by atoms with Crippen LogP contribution in [0.2, 0.25) is 0 Å². The van der Waals surface area contributed by atoms with E-state index in [0.717, 1.165) is 49.2 Å². The Morgan fingerprint density at radius 2 is 1.71 bits per heavy atom. The summed E-state index contributed by atoms with van der Waals surface area (Å²) in [4.78, 5) is -0.173. The molecule has 158 valence electrons. The molecule has 1 aliphatic heterocycles. The molecule has 1 atom stereocenters. The molecule has 0 aromatic heterocycles. The van der Waals surface area contributed by atoms with Gasteiger partial charge in [-0.25, -0.2) is 0 Å². The van der Waals surface area contributed by atoms with E-state index in [1.807, 2.05) is 13.8 Å². The van der Waals surface area contributed by atoms with Gasteiger partial charge in [0.15, 0.2) is 5.71 Å². The van der Waals surface area contributed by atoms with Gasteiger partial charge in [-0.1, -0.05) is 19.8 Å². The van der Waals surface area contributed by atoms with E-state index >= 15 is 0 Å². The van der Waals surface area contributed by atoms with Gasteiger partial charge in [-0.3, -0.25) is 9.11 Å². The molecular weight excluding hydrogens is 402 g/mol. The van der Waals surface area contributed by atoms with E-state index in [9.17, 15) is 21.4 Å². The van der Waals surface area contributed by atoms with E-state index < -0.39 is 25.7 Å². The van der Waals surface area contributed by atoms with E-state index in [-0.39, 0.29) is 17.1 Å². The third-order valence-electron chi connectivity index (χ3n) is 5.67. The first kappa shape index (κ1) is 23.0. The Morgan fingerprint density at radius 1 is 1.04 bits per heavy atom. The fraction of sp³-hybridized carbons (Fsp3) is 0.632. The molecule has 0 amide bonds. The molecule has 0 fully saturated rings. The molecule has 1 aromatic carbocycles. The molecule has 9 heteroatoms. The van der Waals surface area contributed by atoms with E-state index in [2.05, 4.69) is 11.5 Å². The largest absolute Gasteiger partial charge is 0.294 e. The van der Waals surface area contributed by atoms with Crippen LogP contribution in [-0.2, 0) is 25.7 Å². The normalized spacial score (nSPS) is 19.9. The maximum absolute atomic E-state index is 11.6. The van der Waals surface area contributed by atoms with Crippen molar-refractivity contribution in [3.05, 3.63) is 23.8 Å². The van der Waals surface area contributed by atoms with Gasteiger partial charge in [0.25, 0.3) is 20.2 Å². The van der Waals surface area contributed by atoms with Crippen LogP contribution in [0.4, 0.5) is 5.69 Å². The summed E-state index contributed by atoms with van der Waals surface area (Å²) in [5.74, 6) is -0.348. The molecule has 1 unspecified atom stereocenters. The molecule has 7 nitrogen and oxygen atoms in total. The van der Waals surface area contributed by atoms with Gasteiger partial charge >= 0.3 is 0 Å². The summed E-state index contributed by atoms with van der Waals surface area (Å²) in [6.45, 7) is 6.86. The van der Waals surface area contributed by atoms with Crippen molar-refractivity contribution in [3.63, 3.8) is 0 Å². The Morgan fingerprint density at radius 3 is 2.29 bits per heavy atom. The standard InChI is InChI=1S/C19H29NO6S2/c1-4-5-6-7-12-20-15(2)19(3,11-8-13-27(21,22)23)17-14-16(28(24,25)26)9-10-18(17)20/h9-10,14H,4-8,11-13H2,1-3H3,(H-,21,22,23,24,25,26)/p+1. The molecule has 1 heterocycles. The number of benzene rings is 1. The van der Waals surface area contributed by atoms with Gasteiger partial charge in [-0.05, 0) is 38.3 Å². The summed E-state index contributed by atoms with van der Waals surface area (Å²) < 4.78 is 66.1. The smallest absolute Gasteiger partial charge is 0.286 e. The van der Waals surface area contributed by atoms with Gasteiger partial charge < -0.3 is 0 Å². The fourth-order valence-electron chi connectivity index (χ4n) is 3.93. The van der Waals surface area contributed by atoms with Crippen LogP contribution >= 0.6 is 0 Å². The van der Waals surface area contributed by atoms with Crippen molar-refractivity contribution in [2.45, 2.75) is 69.6 Å². The molecule has 2 N–H and O–H groups in total. The van der Waals surface area contributed by atoms with Gasteiger partial charge in [0.05, 0.1) is 16.1 Å². The van der Waals surface area contributed by atoms with Crippen LogP contribution in [0, 0.1) is 0 Å². The molecule has 0 saturated carbocycles. The zero-order valence-electron chi connectivity index (χ0n) is 16.7. The second-order valence-corrected chi connectivity index (χ2v) is 10.7. The van der Waals surface area contributed by atoms with E-state index in [1.165, 1.54) is 12.1 Å². The predicted octanol–water partition coefficient (Wildman–Crippen LogP) is 3.56. The zero-order valence-corrected chi connectivity index (χ0v) is 18.3. The predicted molar refractivity (Wildman–Crippen MR) is 109 cm³/mol. The maximum atomic E-state index is 11.6. The average Bonchev–Trinajstić information content (AvgIpc) is 2.78. The summed E-state index contributed by atoms with van der Waals surface area (Å²) in [6, 6.07) is 4.58. The minimum Gasteiger partial charge on any atom is -0.286 e.